The zero-order valence-electron chi connectivity index (χ0n) is 8.03. The molecule has 0 unspecified atom stereocenters. The highest BCUT2D eigenvalue weighted by Crippen LogP contribution is 2.02. The Morgan fingerprint density at radius 1 is 1.64 bits per heavy atom. The maximum atomic E-state index is 10.3. The second-order valence-corrected chi connectivity index (χ2v) is 2.86. The summed E-state index contributed by atoms with van der Waals surface area (Å²) in [4.78, 5) is 18.5. The Hall–Kier alpha value is -1.65. The standard InChI is InChI=1S/C9H13N3O2/c1-2-3-7-10-5-4-8(12-7)11-6-9(13)14/h4-5H,2-3,6H2,1H3,(H,13,14)(H,10,11,12). The number of hydrogen-bond acceptors (Lipinski definition) is 4. The minimum Gasteiger partial charge on any atom is -0.480 e. The van der Waals surface area contributed by atoms with Gasteiger partial charge in [0.1, 0.15) is 18.2 Å². The van der Waals surface area contributed by atoms with E-state index in [-0.39, 0.29) is 6.54 Å². The number of carboxylic acids is 1. The van der Waals surface area contributed by atoms with Crippen molar-refractivity contribution in [1.29, 1.82) is 0 Å². The molecule has 0 spiro atoms. The molecule has 0 atom stereocenters. The molecule has 0 aliphatic heterocycles. The van der Waals surface area contributed by atoms with Crippen molar-refractivity contribution in [1.82, 2.24) is 9.97 Å². The van der Waals surface area contributed by atoms with Gasteiger partial charge in [-0.3, -0.25) is 4.79 Å². The monoisotopic (exact) mass is 195 g/mol. The molecule has 76 valence electrons. The van der Waals surface area contributed by atoms with Gasteiger partial charge in [0.05, 0.1) is 0 Å². The van der Waals surface area contributed by atoms with Crippen LogP contribution in [0.2, 0.25) is 0 Å². The van der Waals surface area contributed by atoms with Gasteiger partial charge in [-0.1, -0.05) is 6.92 Å². The fourth-order valence-electron chi connectivity index (χ4n) is 1.01. The molecule has 1 rings (SSSR count). The summed E-state index contributed by atoms with van der Waals surface area (Å²) in [6.07, 6.45) is 3.41. The summed E-state index contributed by atoms with van der Waals surface area (Å²) in [5.74, 6) is 0.398. The zero-order chi connectivity index (χ0) is 10.4. The lowest BCUT2D eigenvalue weighted by molar-refractivity contribution is -0.134. The molecule has 0 fully saturated rings. The Balaban J connectivity index is 2.58. The van der Waals surface area contributed by atoms with E-state index in [1.165, 1.54) is 0 Å². The van der Waals surface area contributed by atoms with Gasteiger partial charge in [-0.2, -0.15) is 0 Å². The molecule has 1 heterocycles. The fourth-order valence-corrected chi connectivity index (χ4v) is 1.01. The van der Waals surface area contributed by atoms with Gasteiger partial charge >= 0.3 is 5.97 Å². The molecule has 0 aromatic carbocycles. The summed E-state index contributed by atoms with van der Waals surface area (Å²) < 4.78 is 0. The average molecular weight is 195 g/mol. The van der Waals surface area contributed by atoms with E-state index >= 15 is 0 Å². The third-order valence-electron chi connectivity index (χ3n) is 1.60. The van der Waals surface area contributed by atoms with Crippen LogP contribution in [0.5, 0.6) is 0 Å². The minimum atomic E-state index is -0.902. The molecule has 1 aromatic rings. The molecule has 0 aliphatic rings. The number of aliphatic carboxylic acids is 1. The molecule has 0 aliphatic carbocycles. The SMILES string of the molecule is CCCc1nccc(NCC(=O)O)n1. The smallest absolute Gasteiger partial charge is 0.322 e. The number of anilines is 1. The number of carboxylic acid groups (broad SMARTS) is 1. The van der Waals surface area contributed by atoms with Crippen molar-refractivity contribution in [2.45, 2.75) is 19.8 Å². The van der Waals surface area contributed by atoms with E-state index in [1.807, 2.05) is 6.92 Å². The van der Waals surface area contributed by atoms with Crippen LogP contribution in [0, 0.1) is 0 Å². The first kappa shape index (κ1) is 10.4. The minimum absolute atomic E-state index is 0.122. The van der Waals surface area contributed by atoms with E-state index in [9.17, 15) is 4.79 Å². The molecule has 5 nitrogen and oxygen atoms in total. The predicted molar refractivity (Wildman–Crippen MR) is 52.2 cm³/mol. The quantitative estimate of drug-likeness (QED) is 0.730. The van der Waals surface area contributed by atoms with Crippen LogP contribution >= 0.6 is 0 Å². The number of carbonyl (C=O) groups is 1. The molecular formula is C9H13N3O2. The van der Waals surface area contributed by atoms with E-state index < -0.39 is 5.97 Å². The van der Waals surface area contributed by atoms with Gasteiger partial charge in [-0.15, -0.1) is 0 Å². The second-order valence-electron chi connectivity index (χ2n) is 2.86. The summed E-state index contributed by atoms with van der Waals surface area (Å²) in [5, 5.41) is 11.1. The zero-order valence-corrected chi connectivity index (χ0v) is 8.03. The maximum Gasteiger partial charge on any atom is 0.322 e. The molecule has 0 radical (unpaired) electrons. The summed E-state index contributed by atoms with van der Waals surface area (Å²) in [6, 6.07) is 1.65. The van der Waals surface area contributed by atoms with Gasteiger partial charge in [-0.05, 0) is 12.5 Å². The largest absolute Gasteiger partial charge is 0.480 e. The van der Waals surface area contributed by atoms with Crippen LogP contribution in [-0.4, -0.2) is 27.6 Å². The number of hydrogen-bond donors (Lipinski definition) is 2. The fraction of sp³-hybridized carbons (Fsp3) is 0.444. The van der Waals surface area contributed by atoms with E-state index in [2.05, 4.69) is 15.3 Å². The lowest BCUT2D eigenvalue weighted by Gasteiger charge is -2.03. The molecule has 5 heteroatoms. The Morgan fingerprint density at radius 3 is 3.07 bits per heavy atom. The lowest BCUT2D eigenvalue weighted by Crippen LogP contribution is -2.13. The third kappa shape index (κ3) is 3.38. The van der Waals surface area contributed by atoms with Gasteiger partial charge in [0.25, 0.3) is 0 Å². The topological polar surface area (TPSA) is 75.1 Å². The van der Waals surface area contributed by atoms with Crippen LogP contribution in [-0.2, 0) is 11.2 Å². The number of aromatic nitrogens is 2. The van der Waals surface area contributed by atoms with Crippen LogP contribution < -0.4 is 5.32 Å². The summed E-state index contributed by atoms with van der Waals surface area (Å²) in [5.41, 5.74) is 0. The van der Waals surface area contributed by atoms with E-state index in [0.717, 1.165) is 18.7 Å². The van der Waals surface area contributed by atoms with Crippen LogP contribution in [0.3, 0.4) is 0 Å². The molecule has 14 heavy (non-hydrogen) atoms. The van der Waals surface area contributed by atoms with Crippen molar-refractivity contribution in [3.8, 4) is 0 Å². The van der Waals surface area contributed by atoms with Crippen LogP contribution in [0.25, 0.3) is 0 Å². The molecular weight excluding hydrogens is 182 g/mol. The maximum absolute atomic E-state index is 10.3. The van der Waals surface area contributed by atoms with Gasteiger partial charge < -0.3 is 10.4 Å². The Bertz CT molecular complexity index is 315. The van der Waals surface area contributed by atoms with Crippen molar-refractivity contribution in [2.24, 2.45) is 0 Å². The Labute approximate surface area is 82.2 Å². The highest BCUT2D eigenvalue weighted by molar-refractivity contribution is 5.72. The van der Waals surface area contributed by atoms with Crippen molar-refractivity contribution in [3.63, 3.8) is 0 Å². The highest BCUT2D eigenvalue weighted by Gasteiger charge is 2.00. The molecule has 0 saturated carbocycles. The van der Waals surface area contributed by atoms with Crippen LogP contribution in [0.15, 0.2) is 12.3 Å². The molecule has 2 N–H and O–H groups in total. The van der Waals surface area contributed by atoms with E-state index in [0.29, 0.717) is 5.82 Å². The van der Waals surface area contributed by atoms with Crippen molar-refractivity contribution >= 4 is 11.8 Å². The first-order valence-corrected chi connectivity index (χ1v) is 4.50. The normalized spacial score (nSPS) is 9.79. The predicted octanol–water partition coefficient (Wildman–Crippen LogP) is 0.926. The molecule has 0 saturated heterocycles. The number of rotatable bonds is 5. The Kier molecular flexibility index (Phi) is 3.84. The highest BCUT2D eigenvalue weighted by atomic mass is 16.4. The molecule has 1 aromatic heterocycles. The number of nitrogens with zero attached hydrogens (tertiary/aromatic N) is 2. The van der Waals surface area contributed by atoms with Gasteiger partial charge in [0, 0.05) is 12.6 Å². The Morgan fingerprint density at radius 2 is 2.43 bits per heavy atom. The van der Waals surface area contributed by atoms with Crippen LogP contribution in [0.4, 0.5) is 5.82 Å². The van der Waals surface area contributed by atoms with Gasteiger partial charge in [0.2, 0.25) is 0 Å². The van der Waals surface area contributed by atoms with Crippen molar-refractivity contribution < 1.29 is 9.90 Å². The number of aryl methyl sites for hydroxylation is 1. The summed E-state index contributed by atoms with van der Waals surface area (Å²) in [6.45, 7) is 1.92. The van der Waals surface area contributed by atoms with E-state index in [4.69, 9.17) is 5.11 Å². The number of nitrogens with one attached hydrogen (secondary N) is 1. The molecule has 0 bridgehead atoms. The van der Waals surface area contributed by atoms with E-state index in [1.54, 1.807) is 12.3 Å². The lowest BCUT2D eigenvalue weighted by atomic mass is 10.3. The third-order valence-corrected chi connectivity index (χ3v) is 1.60. The van der Waals surface area contributed by atoms with Gasteiger partial charge in [0.15, 0.2) is 0 Å². The average Bonchev–Trinajstić information content (AvgIpc) is 2.16. The second kappa shape index (κ2) is 5.16. The molecule has 0 amide bonds. The first-order valence-electron chi connectivity index (χ1n) is 4.50. The van der Waals surface area contributed by atoms with Crippen LogP contribution in [0.1, 0.15) is 19.2 Å². The van der Waals surface area contributed by atoms with Gasteiger partial charge in [-0.25, -0.2) is 9.97 Å². The van der Waals surface area contributed by atoms with Crippen molar-refractivity contribution in [3.05, 3.63) is 18.1 Å². The first-order chi connectivity index (χ1) is 6.72. The summed E-state index contributed by atoms with van der Waals surface area (Å²) in [7, 11) is 0. The summed E-state index contributed by atoms with van der Waals surface area (Å²) >= 11 is 0. The van der Waals surface area contributed by atoms with Crippen molar-refractivity contribution in [2.75, 3.05) is 11.9 Å².